The smallest absolute Gasteiger partial charge is 0.323 e. The van der Waals surface area contributed by atoms with Crippen LogP contribution in [0.5, 0.6) is 11.5 Å². The minimum absolute atomic E-state index is 0.0253. The van der Waals surface area contributed by atoms with Crippen molar-refractivity contribution < 1.29 is 17.9 Å². The number of fused-ring (bicyclic) bond motifs is 1. The number of H-pyrrole nitrogens is 2. The van der Waals surface area contributed by atoms with Gasteiger partial charge >= 0.3 is 5.69 Å². The van der Waals surface area contributed by atoms with Crippen LogP contribution in [0.3, 0.4) is 0 Å². The van der Waals surface area contributed by atoms with Crippen molar-refractivity contribution in [2.75, 3.05) is 18.9 Å². The van der Waals surface area contributed by atoms with E-state index in [1.54, 1.807) is 12.1 Å². The Balaban J connectivity index is 2.05. The maximum atomic E-state index is 12.7. The number of aromatic nitrogens is 2. The third-order valence-electron chi connectivity index (χ3n) is 3.51. The quantitative estimate of drug-likeness (QED) is 0.625. The molecule has 3 aromatic rings. The highest BCUT2D eigenvalue weighted by Gasteiger charge is 2.21. The first-order valence-corrected chi connectivity index (χ1v) is 8.86. The zero-order valence-electron chi connectivity index (χ0n) is 13.2. The summed E-state index contributed by atoms with van der Waals surface area (Å²) in [5.74, 6) is 0.805. The molecule has 0 saturated heterocycles. The van der Waals surface area contributed by atoms with Gasteiger partial charge < -0.3 is 19.4 Å². The van der Waals surface area contributed by atoms with E-state index in [9.17, 15) is 13.2 Å². The standard InChI is InChI=1S/C15H14ClN3O5S/c1-23-8-3-4-10(13(5-8)24-2)19-25(21,22)14-7-12-11(6-9(14)16)17-15(20)18-12/h3-7,19H,1-2H3,(H2,17,18,20). The number of hydrogen-bond donors (Lipinski definition) is 3. The molecule has 0 unspecified atom stereocenters. The molecule has 0 bridgehead atoms. The fourth-order valence-electron chi connectivity index (χ4n) is 2.32. The summed E-state index contributed by atoms with van der Waals surface area (Å²) in [5, 5.41) is -0.0253. The fraction of sp³-hybridized carbons (Fsp3) is 0.133. The molecule has 2 aromatic carbocycles. The van der Waals surface area contributed by atoms with Crippen LogP contribution in [-0.4, -0.2) is 32.6 Å². The van der Waals surface area contributed by atoms with Crippen molar-refractivity contribution in [2.24, 2.45) is 0 Å². The lowest BCUT2D eigenvalue weighted by atomic mass is 10.3. The second-order valence-corrected chi connectivity index (χ2v) is 7.14. The largest absolute Gasteiger partial charge is 0.497 e. The summed E-state index contributed by atoms with van der Waals surface area (Å²) >= 11 is 6.08. The van der Waals surface area contributed by atoms with E-state index in [4.69, 9.17) is 21.1 Å². The van der Waals surface area contributed by atoms with Crippen LogP contribution in [0.15, 0.2) is 40.0 Å². The van der Waals surface area contributed by atoms with E-state index in [1.165, 1.54) is 32.4 Å². The van der Waals surface area contributed by atoms with Crippen molar-refractivity contribution in [2.45, 2.75) is 4.90 Å². The van der Waals surface area contributed by atoms with Gasteiger partial charge in [-0.05, 0) is 24.3 Å². The highest BCUT2D eigenvalue weighted by molar-refractivity contribution is 7.92. The zero-order chi connectivity index (χ0) is 18.2. The summed E-state index contributed by atoms with van der Waals surface area (Å²) in [5.41, 5.74) is 0.514. The van der Waals surface area contributed by atoms with Gasteiger partial charge in [-0.2, -0.15) is 0 Å². The van der Waals surface area contributed by atoms with Crippen LogP contribution in [-0.2, 0) is 10.0 Å². The average molecular weight is 384 g/mol. The zero-order valence-corrected chi connectivity index (χ0v) is 14.8. The van der Waals surface area contributed by atoms with Crippen LogP contribution >= 0.6 is 11.6 Å². The molecule has 132 valence electrons. The van der Waals surface area contributed by atoms with Gasteiger partial charge in [0.05, 0.1) is 36.0 Å². The van der Waals surface area contributed by atoms with E-state index in [0.717, 1.165) is 0 Å². The highest BCUT2D eigenvalue weighted by Crippen LogP contribution is 2.33. The van der Waals surface area contributed by atoms with E-state index in [-0.39, 0.29) is 21.4 Å². The van der Waals surface area contributed by atoms with Crippen molar-refractivity contribution in [1.29, 1.82) is 0 Å². The molecule has 0 spiro atoms. The van der Waals surface area contributed by atoms with Crippen LogP contribution in [0.2, 0.25) is 5.02 Å². The Morgan fingerprint density at radius 2 is 1.72 bits per heavy atom. The summed E-state index contributed by atoms with van der Waals surface area (Å²) in [6.45, 7) is 0. The highest BCUT2D eigenvalue weighted by atomic mass is 35.5. The van der Waals surface area contributed by atoms with Gasteiger partial charge in [-0.3, -0.25) is 4.72 Å². The Labute approximate surface area is 147 Å². The number of rotatable bonds is 5. The second kappa shape index (κ2) is 6.34. The molecule has 1 aromatic heterocycles. The number of aromatic amines is 2. The molecule has 0 radical (unpaired) electrons. The van der Waals surface area contributed by atoms with E-state index < -0.39 is 15.7 Å². The predicted molar refractivity (Wildman–Crippen MR) is 94.3 cm³/mol. The van der Waals surface area contributed by atoms with Crippen LogP contribution in [0, 0.1) is 0 Å². The van der Waals surface area contributed by atoms with Gasteiger partial charge in [0, 0.05) is 6.07 Å². The van der Waals surface area contributed by atoms with Crippen molar-refractivity contribution in [3.05, 3.63) is 45.8 Å². The number of ether oxygens (including phenoxy) is 2. The molecular formula is C15H14ClN3O5S. The first-order chi connectivity index (χ1) is 11.8. The monoisotopic (exact) mass is 383 g/mol. The van der Waals surface area contributed by atoms with Gasteiger partial charge in [0.15, 0.2) is 0 Å². The normalized spacial score (nSPS) is 11.5. The summed E-state index contributed by atoms with van der Waals surface area (Å²) in [4.78, 5) is 16.2. The number of nitrogens with one attached hydrogen (secondary N) is 3. The van der Waals surface area contributed by atoms with E-state index in [0.29, 0.717) is 16.8 Å². The van der Waals surface area contributed by atoms with E-state index in [2.05, 4.69) is 14.7 Å². The number of anilines is 1. The molecule has 0 aliphatic rings. The predicted octanol–water partition coefficient (Wildman–Crippen LogP) is 2.33. The van der Waals surface area contributed by atoms with E-state index >= 15 is 0 Å². The Kier molecular flexibility index (Phi) is 4.36. The lowest BCUT2D eigenvalue weighted by Gasteiger charge is -2.13. The Hall–Kier alpha value is -2.65. The molecule has 1 heterocycles. The van der Waals surface area contributed by atoms with Crippen LogP contribution in [0.25, 0.3) is 11.0 Å². The summed E-state index contributed by atoms with van der Waals surface area (Å²) in [7, 11) is -1.11. The van der Waals surface area contributed by atoms with Gasteiger partial charge in [0.1, 0.15) is 16.4 Å². The minimum Gasteiger partial charge on any atom is -0.497 e. The third kappa shape index (κ3) is 3.28. The molecule has 0 amide bonds. The molecule has 3 rings (SSSR count). The number of methoxy groups -OCH3 is 2. The van der Waals surface area contributed by atoms with Crippen molar-refractivity contribution >= 4 is 38.3 Å². The molecule has 8 nitrogen and oxygen atoms in total. The molecule has 3 N–H and O–H groups in total. The number of halogens is 1. The van der Waals surface area contributed by atoms with Gasteiger partial charge in [-0.1, -0.05) is 11.6 Å². The average Bonchev–Trinajstić information content (AvgIpc) is 2.93. The fourth-order valence-corrected chi connectivity index (χ4v) is 3.95. The minimum atomic E-state index is -4.02. The SMILES string of the molecule is COc1ccc(NS(=O)(=O)c2cc3[nH]c(=O)[nH]c3cc2Cl)c(OC)c1. The van der Waals surface area contributed by atoms with Crippen molar-refractivity contribution in [1.82, 2.24) is 9.97 Å². The van der Waals surface area contributed by atoms with E-state index in [1.807, 2.05) is 0 Å². The molecular weight excluding hydrogens is 370 g/mol. The maximum absolute atomic E-state index is 12.7. The number of imidazole rings is 1. The Morgan fingerprint density at radius 1 is 1.04 bits per heavy atom. The maximum Gasteiger partial charge on any atom is 0.323 e. The third-order valence-corrected chi connectivity index (χ3v) is 5.34. The number of sulfonamides is 1. The summed E-state index contributed by atoms with van der Waals surface area (Å²) in [6.07, 6.45) is 0. The molecule has 0 aliphatic heterocycles. The van der Waals surface area contributed by atoms with Crippen LogP contribution in [0.4, 0.5) is 5.69 Å². The second-order valence-electron chi connectivity index (χ2n) is 5.08. The van der Waals surface area contributed by atoms with Gasteiger partial charge in [0.25, 0.3) is 10.0 Å². The number of benzene rings is 2. The van der Waals surface area contributed by atoms with Gasteiger partial charge in [-0.15, -0.1) is 0 Å². The van der Waals surface area contributed by atoms with Crippen molar-refractivity contribution in [3.8, 4) is 11.5 Å². The lowest BCUT2D eigenvalue weighted by molar-refractivity contribution is 0.395. The van der Waals surface area contributed by atoms with Gasteiger partial charge in [-0.25, -0.2) is 13.2 Å². The van der Waals surface area contributed by atoms with Gasteiger partial charge in [0.2, 0.25) is 0 Å². The molecule has 25 heavy (non-hydrogen) atoms. The van der Waals surface area contributed by atoms with Crippen molar-refractivity contribution in [3.63, 3.8) is 0 Å². The number of hydrogen-bond acceptors (Lipinski definition) is 5. The summed E-state index contributed by atoms with van der Waals surface area (Å²) in [6, 6.07) is 7.31. The Bertz CT molecular complexity index is 1100. The first kappa shape index (κ1) is 17.2. The lowest BCUT2D eigenvalue weighted by Crippen LogP contribution is -2.14. The molecule has 0 atom stereocenters. The molecule has 0 fully saturated rings. The summed E-state index contributed by atoms with van der Waals surface area (Å²) < 4.78 is 38.1. The van der Waals surface area contributed by atoms with Crippen LogP contribution < -0.4 is 19.9 Å². The Morgan fingerprint density at radius 3 is 2.36 bits per heavy atom. The topological polar surface area (TPSA) is 113 Å². The first-order valence-electron chi connectivity index (χ1n) is 7.00. The molecule has 10 heteroatoms. The van der Waals surface area contributed by atoms with Crippen LogP contribution in [0.1, 0.15) is 0 Å². The molecule has 0 aliphatic carbocycles. The molecule has 0 saturated carbocycles.